The van der Waals surface area contributed by atoms with Gasteiger partial charge in [0.1, 0.15) is 5.52 Å². The highest BCUT2D eigenvalue weighted by molar-refractivity contribution is 5.74. The molecular weight excluding hydrogens is 254 g/mol. The lowest BCUT2D eigenvalue weighted by atomic mass is 10.0. The van der Waals surface area contributed by atoms with Crippen LogP contribution < -0.4 is 10.5 Å². The fourth-order valence-corrected chi connectivity index (χ4v) is 2.88. The molecule has 0 spiro atoms. The van der Waals surface area contributed by atoms with Gasteiger partial charge in [0.15, 0.2) is 5.65 Å². The van der Waals surface area contributed by atoms with Gasteiger partial charge in [-0.05, 0) is 32.5 Å². The SMILES string of the molecule is COc1ccc2nc(N)n(CC3CCCCN3C)c2n1. The van der Waals surface area contributed by atoms with Crippen LogP contribution in [0, 0.1) is 0 Å². The van der Waals surface area contributed by atoms with Crippen molar-refractivity contribution in [3.05, 3.63) is 12.1 Å². The molecule has 1 saturated heterocycles. The molecule has 1 atom stereocenters. The molecule has 1 fully saturated rings. The van der Waals surface area contributed by atoms with Crippen LogP contribution in [-0.4, -0.2) is 46.2 Å². The molecule has 0 bridgehead atoms. The number of aromatic nitrogens is 3. The van der Waals surface area contributed by atoms with Gasteiger partial charge >= 0.3 is 0 Å². The van der Waals surface area contributed by atoms with E-state index in [-0.39, 0.29) is 0 Å². The summed E-state index contributed by atoms with van der Waals surface area (Å²) in [6.07, 6.45) is 3.75. The first-order chi connectivity index (χ1) is 9.69. The maximum atomic E-state index is 6.06. The molecule has 6 nitrogen and oxygen atoms in total. The second-order valence-corrected chi connectivity index (χ2v) is 5.41. The Kier molecular flexibility index (Phi) is 3.48. The van der Waals surface area contributed by atoms with Crippen LogP contribution >= 0.6 is 0 Å². The van der Waals surface area contributed by atoms with Crippen molar-refractivity contribution in [1.29, 1.82) is 0 Å². The molecule has 0 aliphatic carbocycles. The second kappa shape index (κ2) is 5.28. The van der Waals surface area contributed by atoms with Crippen LogP contribution in [0.15, 0.2) is 12.1 Å². The molecule has 3 heterocycles. The van der Waals surface area contributed by atoms with Crippen molar-refractivity contribution in [2.75, 3.05) is 26.4 Å². The zero-order valence-electron chi connectivity index (χ0n) is 12.0. The van der Waals surface area contributed by atoms with Crippen LogP contribution in [0.25, 0.3) is 11.2 Å². The van der Waals surface area contributed by atoms with Gasteiger partial charge in [0.2, 0.25) is 11.8 Å². The maximum absolute atomic E-state index is 6.06. The summed E-state index contributed by atoms with van der Waals surface area (Å²) < 4.78 is 7.20. The maximum Gasteiger partial charge on any atom is 0.215 e. The average molecular weight is 275 g/mol. The van der Waals surface area contributed by atoms with Crippen LogP contribution in [0.3, 0.4) is 0 Å². The van der Waals surface area contributed by atoms with Crippen molar-refractivity contribution < 1.29 is 4.74 Å². The van der Waals surface area contributed by atoms with E-state index < -0.39 is 0 Å². The zero-order valence-corrected chi connectivity index (χ0v) is 12.0. The van der Waals surface area contributed by atoms with E-state index in [1.807, 2.05) is 16.7 Å². The van der Waals surface area contributed by atoms with E-state index in [4.69, 9.17) is 10.5 Å². The van der Waals surface area contributed by atoms with Gasteiger partial charge < -0.3 is 15.4 Å². The standard InChI is InChI=1S/C14H21N5O/c1-18-8-4-3-5-10(18)9-19-13-11(16-14(19)15)6-7-12(17-13)20-2/h6-7,10H,3-5,8-9H2,1-2H3,(H2,15,16). The van der Waals surface area contributed by atoms with Gasteiger partial charge in [0, 0.05) is 18.7 Å². The molecule has 0 aromatic carbocycles. The molecule has 2 N–H and O–H groups in total. The van der Waals surface area contributed by atoms with E-state index >= 15 is 0 Å². The summed E-state index contributed by atoms with van der Waals surface area (Å²) in [5.41, 5.74) is 7.69. The van der Waals surface area contributed by atoms with Crippen LogP contribution in [0.5, 0.6) is 5.88 Å². The fourth-order valence-electron chi connectivity index (χ4n) is 2.88. The molecule has 0 radical (unpaired) electrons. The molecule has 2 aromatic rings. The number of piperidine rings is 1. The van der Waals surface area contributed by atoms with Crippen LogP contribution in [-0.2, 0) is 6.54 Å². The first-order valence-corrected chi connectivity index (χ1v) is 7.06. The number of anilines is 1. The highest BCUT2D eigenvalue weighted by atomic mass is 16.5. The van der Waals surface area contributed by atoms with Gasteiger partial charge in [0.25, 0.3) is 0 Å². The van der Waals surface area contributed by atoms with Crippen molar-refractivity contribution in [1.82, 2.24) is 19.4 Å². The van der Waals surface area contributed by atoms with E-state index in [1.54, 1.807) is 7.11 Å². The van der Waals surface area contributed by atoms with E-state index in [0.717, 1.165) is 24.3 Å². The summed E-state index contributed by atoms with van der Waals surface area (Å²) in [6, 6.07) is 4.21. The Hall–Kier alpha value is -1.82. The number of nitrogens with two attached hydrogens (primary N) is 1. The Morgan fingerprint density at radius 2 is 2.20 bits per heavy atom. The van der Waals surface area contributed by atoms with Crippen molar-refractivity contribution in [3.8, 4) is 5.88 Å². The number of ether oxygens (including phenoxy) is 1. The number of pyridine rings is 1. The third-order valence-corrected chi connectivity index (χ3v) is 4.12. The lowest BCUT2D eigenvalue weighted by Gasteiger charge is -2.32. The Balaban J connectivity index is 1.95. The number of hydrogen-bond donors (Lipinski definition) is 1. The molecule has 3 rings (SSSR count). The number of nitrogens with zero attached hydrogens (tertiary/aromatic N) is 4. The van der Waals surface area contributed by atoms with Crippen LogP contribution in [0.4, 0.5) is 5.95 Å². The number of fused-ring (bicyclic) bond motifs is 1. The monoisotopic (exact) mass is 275 g/mol. The number of imidazole rings is 1. The fraction of sp³-hybridized carbons (Fsp3) is 0.571. The number of methoxy groups -OCH3 is 1. The predicted octanol–water partition coefficient (Wildman–Crippen LogP) is 1.51. The van der Waals surface area contributed by atoms with Crippen molar-refractivity contribution >= 4 is 17.1 Å². The predicted molar refractivity (Wildman–Crippen MR) is 78.8 cm³/mol. The minimum Gasteiger partial charge on any atom is -0.481 e. The Morgan fingerprint density at radius 3 is 2.95 bits per heavy atom. The highest BCUT2D eigenvalue weighted by Gasteiger charge is 2.21. The molecule has 1 aliphatic heterocycles. The molecule has 1 unspecified atom stereocenters. The number of likely N-dealkylation sites (tertiary alicyclic amines) is 1. The number of hydrogen-bond acceptors (Lipinski definition) is 5. The van der Waals surface area contributed by atoms with Gasteiger partial charge in [-0.15, -0.1) is 0 Å². The first-order valence-electron chi connectivity index (χ1n) is 7.06. The Bertz CT molecular complexity index is 609. The number of rotatable bonds is 3. The Morgan fingerprint density at radius 1 is 1.35 bits per heavy atom. The van der Waals surface area contributed by atoms with Crippen LogP contribution in [0.2, 0.25) is 0 Å². The number of nitrogen functional groups attached to an aromatic ring is 1. The van der Waals surface area contributed by atoms with Crippen molar-refractivity contribution in [2.24, 2.45) is 0 Å². The van der Waals surface area contributed by atoms with E-state index in [9.17, 15) is 0 Å². The molecule has 0 amide bonds. The minimum absolute atomic E-state index is 0.497. The molecule has 20 heavy (non-hydrogen) atoms. The second-order valence-electron chi connectivity index (χ2n) is 5.41. The minimum atomic E-state index is 0.497. The third kappa shape index (κ3) is 2.31. The van der Waals surface area contributed by atoms with E-state index in [0.29, 0.717) is 17.9 Å². The molecule has 2 aromatic heterocycles. The summed E-state index contributed by atoms with van der Waals surface area (Å²) in [5.74, 6) is 1.12. The van der Waals surface area contributed by atoms with Crippen molar-refractivity contribution in [3.63, 3.8) is 0 Å². The highest BCUT2D eigenvalue weighted by Crippen LogP contribution is 2.23. The lowest BCUT2D eigenvalue weighted by molar-refractivity contribution is 0.169. The summed E-state index contributed by atoms with van der Waals surface area (Å²) >= 11 is 0. The van der Waals surface area contributed by atoms with Crippen LogP contribution in [0.1, 0.15) is 19.3 Å². The molecule has 0 saturated carbocycles. The van der Waals surface area contributed by atoms with E-state index in [2.05, 4.69) is 21.9 Å². The van der Waals surface area contributed by atoms with Gasteiger partial charge in [-0.2, -0.15) is 4.98 Å². The molecule has 108 valence electrons. The van der Waals surface area contributed by atoms with Gasteiger partial charge in [-0.25, -0.2) is 4.98 Å². The summed E-state index contributed by atoms with van der Waals surface area (Å²) in [6.45, 7) is 1.98. The number of likely N-dealkylation sites (N-methyl/N-ethyl adjacent to an activating group) is 1. The van der Waals surface area contributed by atoms with Gasteiger partial charge in [-0.3, -0.25) is 4.57 Å². The topological polar surface area (TPSA) is 69.2 Å². The third-order valence-electron chi connectivity index (χ3n) is 4.12. The normalized spacial score (nSPS) is 20.4. The summed E-state index contributed by atoms with van der Waals surface area (Å²) in [4.78, 5) is 11.3. The molecule has 1 aliphatic rings. The Labute approximate surface area is 118 Å². The quantitative estimate of drug-likeness (QED) is 0.919. The largest absolute Gasteiger partial charge is 0.481 e. The first kappa shape index (κ1) is 13.2. The smallest absolute Gasteiger partial charge is 0.215 e. The zero-order chi connectivity index (χ0) is 14.1. The molecular formula is C14H21N5O. The van der Waals surface area contributed by atoms with Gasteiger partial charge in [0.05, 0.1) is 7.11 Å². The lowest BCUT2D eigenvalue weighted by Crippen LogP contribution is -2.39. The van der Waals surface area contributed by atoms with Gasteiger partial charge in [-0.1, -0.05) is 6.42 Å². The summed E-state index contributed by atoms with van der Waals surface area (Å²) in [7, 11) is 3.79. The average Bonchev–Trinajstić information content (AvgIpc) is 2.77. The molecule has 6 heteroatoms. The van der Waals surface area contributed by atoms with E-state index in [1.165, 1.54) is 19.3 Å². The van der Waals surface area contributed by atoms with Crippen molar-refractivity contribution in [2.45, 2.75) is 31.8 Å². The summed E-state index contributed by atoms with van der Waals surface area (Å²) in [5, 5.41) is 0.